The summed E-state index contributed by atoms with van der Waals surface area (Å²) in [6.07, 6.45) is 3.97. The van der Waals surface area contributed by atoms with Crippen LogP contribution in [-0.2, 0) is 11.3 Å². The van der Waals surface area contributed by atoms with Crippen LogP contribution in [0.5, 0.6) is 0 Å². The predicted molar refractivity (Wildman–Crippen MR) is 105 cm³/mol. The molecule has 0 spiro atoms. The number of nitrogens with zero attached hydrogens (tertiary/aromatic N) is 2. The van der Waals surface area contributed by atoms with E-state index in [0.717, 1.165) is 28.6 Å². The number of hydrogen-bond donors (Lipinski definition) is 0. The standard InChI is InChI=1S/C21H26FN2O2S.BrH/c1-24(2)18-7-8-19(24)12-20(11-18)26-21(25)23(17-9-10-27-14-17)13-15-3-5-16(22)6-4-15;/h3-6,9-10,14,18-20H,7-8,11-13H2,1-2H3;1H/q+1;/p-1. The van der Waals surface area contributed by atoms with Gasteiger partial charge in [-0.3, -0.25) is 4.90 Å². The van der Waals surface area contributed by atoms with E-state index in [1.54, 1.807) is 28.4 Å². The lowest BCUT2D eigenvalue weighted by Crippen LogP contribution is -3.00. The molecule has 2 unspecified atom stereocenters. The highest BCUT2D eigenvalue weighted by molar-refractivity contribution is 7.08. The molecule has 4 nitrogen and oxygen atoms in total. The van der Waals surface area contributed by atoms with Gasteiger partial charge in [-0.05, 0) is 29.1 Å². The van der Waals surface area contributed by atoms with Gasteiger partial charge in [-0.15, -0.1) is 0 Å². The summed E-state index contributed by atoms with van der Waals surface area (Å²) < 4.78 is 20.2. The third-order valence-electron chi connectivity index (χ3n) is 6.34. The van der Waals surface area contributed by atoms with Crippen molar-refractivity contribution in [3.63, 3.8) is 0 Å². The van der Waals surface area contributed by atoms with Crippen molar-refractivity contribution >= 4 is 23.1 Å². The Bertz CT molecular complexity index is 781. The van der Waals surface area contributed by atoms with Crippen molar-refractivity contribution in [2.24, 2.45) is 0 Å². The van der Waals surface area contributed by atoms with E-state index in [4.69, 9.17) is 4.74 Å². The van der Waals surface area contributed by atoms with E-state index >= 15 is 0 Å². The SMILES string of the molecule is C[N+]1(C)C2CCC1CC(OC(=O)N(Cc1ccc(F)cc1)c1ccsc1)C2.[Br-]. The normalized spacial score (nSPS) is 25.0. The molecule has 2 bridgehead atoms. The van der Waals surface area contributed by atoms with Crippen LogP contribution in [0.3, 0.4) is 0 Å². The topological polar surface area (TPSA) is 29.5 Å². The molecule has 1 aromatic heterocycles. The van der Waals surface area contributed by atoms with Crippen LogP contribution < -0.4 is 21.9 Å². The highest BCUT2D eigenvalue weighted by Crippen LogP contribution is 2.40. The molecule has 0 N–H and O–H groups in total. The molecule has 3 heterocycles. The summed E-state index contributed by atoms with van der Waals surface area (Å²) in [5.41, 5.74) is 1.70. The molecule has 1 amide bonds. The van der Waals surface area contributed by atoms with Gasteiger partial charge in [-0.1, -0.05) is 12.1 Å². The van der Waals surface area contributed by atoms with Gasteiger partial charge in [0.1, 0.15) is 11.9 Å². The number of rotatable bonds is 4. The Morgan fingerprint density at radius 3 is 2.39 bits per heavy atom. The minimum Gasteiger partial charge on any atom is -1.00 e. The summed E-state index contributed by atoms with van der Waals surface area (Å²) in [5.74, 6) is -0.276. The summed E-state index contributed by atoms with van der Waals surface area (Å²) >= 11 is 1.54. The van der Waals surface area contributed by atoms with Gasteiger partial charge in [0, 0.05) is 31.1 Å². The number of thiophene rings is 1. The zero-order chi connectivity index (χ0) is 19.0. The summed E-state index contributed by atoms with van der Waals surface area (Å²) in [7, 11) is 4.60. The van der Waals surface area contributed by atoms with E-state index in [-0.39, 0.29) is 35.0 Å². The lowest BCUT2D eigenvalue weighted by molar-refractivity contribution is -0.931. The van der Waals surface area contributed by atoms with Crippen LogP contribution >= 0.6 is 11.3 Å². The van der Waals surface area contributed by atoms with Crippen molar-refractivity contribution < 1.29 is 35.4 Å². The van der Waals surface area contributed by atoms with Gasteiger partial charge in [-0.2, -0.15) is 11.3 Å². The Morgan fingerprint density at radius 1 is 1.18 bits per heavy atom. The van der Waals surface area contributed by atoms with Crippen LogP contribution in [0.2, 0.25) is 0 Å². The van der Waals surface area contributed by atoms with Gasteiger partial charge in [0.25, 0.3) is 0 Å². The predicted octanol–water partition coefficient (Wildman–Crippen LogP) is 1.80. The molecule has 2 aromatic rings. The molecule has 4 rings (SSSR count). The molecule has 2 aliphatic rings. The highest BCUT2D eigenvalue weighted by atomic mass is 79.9. The van der Waals surface area contributed by atoms with Crippen molar-refractivity contribution in [3.05, 3.63) is 52.5 Å². The first-order valence-corrected chi connectivity index (χ1v) is 10.5. The fraction of sp³-hybridized carbons (Fsp3) is 0.476. The second kappa shape index (κ2) is 8.51. The lowest BCUT2D eigenvalue weighted by atomic mass is 9.98. The molecule has 28 heavy (non-hydrogen) atoms. The third-order valence-corrected chi connectivity index (χ3v) is 7.02. The van der Waals surface area contributed by atoms with Crippen LogP contribution in [-0.4, -0.2) is 42.9 Å². The number of quaternary nitrogens is 1. The molecule has 0 aliphatic carbocycles. The van der Waals surface area contributed by atoms with Gasteiger partial charge in [0.2, 0.25) is 0 Å². The van der Waals surface area contributed by atoms with Crippen molar-refractivity contribution in [2.75, 3.05) is 19.0 Å². The average molecular weight is 469 g/mol. The monoisotopic (exact) mass is 468 g/mol. The molecule has 152 valence electrons. The first-order valence-electron chi connectivity index (χ1n) is 9.51. The molecule has 2 fully saturated rings. The minimum absolute atomic E-state index is 0. The Morgan fingerprint density at radius 2 is 1.82 bits per heavy atom. The van der Waals surface area contributed by atoms with E-state index in [2.05, 4.69) is 14.1 Å². The van der Waals surface area contributed by atoms with Gasteiger partial charge < -0.3 is 26.2 Å². The number of fused-ring (bicyclic) bond motifs is 2. The van der Waals surface area contributed by atoms with Crippen LogP contribution in [0, 0.1) is 5.82 Å². The smallest absolute Gasteiger partial charge is 0.414 e. The second-order valence-electron chi connectivity index (χ2n) is 8.19. The maximum Gasteiger partial charge on any atom is 0.414 e. The van der Waals surface area contributed by atoms with E-state index < -0.39 is 0 Å². The molecule has 7 heteroatoms. The van der Waals surface area contributed by atoms with Crippen LogP contribution in [0.15, 0.2) is 41.1 Å². The quantitative estimate of drug-likeness (QED) is 0.640. The number of anilines is 1. The van der Waals surface area contributed by atoms with E-state index in [9.17, 15) is 9.18 Å². The minimum atomic E-state index is -0.311. The fourth-order valence-corrected chi connectivity index (χ4v) is 5.22. The van der Waals surface area contributed by atoms with Crippen molar-refractivity contribution in [3.8, 4) is 0 Å². The largest absolute Gasteiger partial charge is 1.00 e. The number of amides is 1. The third kappa shape index (κ3) is 4.26. The maximum absolute atomic E-state index is 13.2. The van der Waals surface area contributed by atoms with Gasteiger partial charge in [0.15, 0.2) is 0 Å². The summed E-state index contributed by atoms with van der Waals surface area (Å²) in [5, 5.41) is 3.89. The summed E-state index contributed by atoms with van der Waals surface area (Å²) in [6, 6.07) is 9.34. The molecule has 2 saturated heterocycles. The van der Waals surface area contributed by atoms with Gasteiger partial charge in [0.05, 0.1) is 38.4 Å². The fourth-order valence-electron chi connectivity index (χ4n) is 4.58. The van der Waals surface area contributed by atoms with E-state index in [0.29, 0.717) is 18.6 Å². The lowest BCUT2D eigenvalue weighted by Gasteiger charge is -2.44. The molecule has 0 saturated carbocycles. The zero-order valence-corrected chi connectivity index (χ0v) is 18.6. The molecule has 2 atom stereocenters. The molecule has 0 radical (unpaired) electrons. The van der Waals surface area contributed by atoms with E-state index in [1.165, 1.54) is 25.0 Å². The summed E-state index contributed by atoms with van der Waals surface area (Å²) in [6.45, 7) is 0.372. The molecular weight excluding hydrogens is 443 g/mol. The highest BCUT2D eigenvalue weighted by Gasteiger charge is 2.50. The van der Waals surface area contributed by atoms with Gasteiger partial charge >= 0.3 is 6.09 Å². The zero-order valence-electron chi connectivity index (χ0n) is 16.2. The Hall–Kier alpha value is -1.44. The van der Waals surface area contributed by atoms with Crippen molar-refractivity contribution in [1.82, 2.24) is 0 Å². The van der Waals surface area contributed by atoms with Gasteiger partial charge in [-0.25, -0.2) is 9.18 Å². The first-order chi connectivity index (χ1) is 12.9. The maximum atomic E-state index is 13.2. The number of ether oxygens (including phenoxy) is 1. The number of piperidine rings is 1. The van der Waals surface area contributed by atoms with Crippen LogP contribution in [0.4, 0.5) is 14.9 Å². The Kier molecular flexibility index (Phi) is 6.47. The van der Waals surface area contributed by atoms with E-state index in [1.807, 2.05) is 16.8 Å². The first kappa shape index (κ1) is 21.3. The molecular formula is C21H26BrFN2O2S. The Labute approximate surface area is 180 Å². The molecule has 1 aromatic carbocycles. The number of benzene rings is 1. The summed E-state index contributed by atoms with van der Waals surface area (Å²) in [4.78, 5) is 14.7. The number of carbonyl (C=O) groups is 1. The number of hydrogen-bond acceptors (Lipinski definition) is 3. The number of carbonyl (C=O) groups excluding carboxylic acids is 1. The average Bonchev–Trinajstić information content (AvgIpc) is 3.17. The van der Waals surface area contributed by atoms with Crippen molar-refractivity contribution in [2.45, 2.75) is 50.4 Å². The second-order valence-corrected chi connectivity index (χ2v) is 8.97. The number of halogens is 2. The van der Waals surface area contributed by atoms with Crippen LogP contribution in [0.1, 0.15) is 31.2 Å². The molecule has 2 aliphatic heterocycles. The Balaban J connectivity index is 0.00000225. The van der Waals surface area contributed by atoms with Crippen LogP contribution in [0.25, 0.3) is 0 Å². The van der Waals surface area contributed by atoms with Crippen molar-refractivity contribution in [1.29, 1.82) is 0 Å².